The predicted molar refractivity (Wildman–Crippen MR) is 129 cm³/mol. The number of carbonyl (C=O) groups is 1. The van der Waals surface area contributed by atoms with Crippen LogP contribution < -0.4 is 5.32 Å². The lowest BCUT2D eigenvalue weighted by molar-refractivity contribution is 0.0910. The standard InChI is InChI=1S/C26H35FN2OSi/c1-18(2)31(19(3)4,20(5)6)16-14-21-17-22(27)12-13-23(21)25(30)29-26(7,8)24-11-9-10-15-28-24/h9-13,15,17-20H,1-8H3,(H,29,30). The molecular weight excluding hydrogens is 403 g/mol. The van der Waals surface area contributed by atoms with Crippen LogP contribution >= 0.6 is 0 Å². The molecule has 0 aliphatic heterocycles. The van der Waals surface area contributed by atoms with Crippen molar-refractivity contribution >= 4 is 14.0 Å². The average molecular weight is 439 g/mol. The monoisotopic (exact) mass is 438 g/mol. The number of halogens is 1. The molecule has 0 aliphatic carbocycles. The molecule has 1 heterocycles. The summed E-state index contributed by atoms with van der Waals surface area (Å²) in [4.78, 5) is 17.5. The highest BCUT2D eigenvalue weighted by Gasteiger charge is 2.41. The lowest BCUT2D eigenvalue weighted by Gasteiger charge is -2.38. The second-order valence-electron chi connectivity index (χ2n) is 9.63. The fraction of sp³-hybridized carbons (Fsp3) is 0.462. The number of benzene rings is 1. The Kier molecular flexibility index (Phi) is 7.83. The fourth-order valence-electron chi connectivity index (χ4n) is 4.57. The Morgan fingerprint density at radius 2 is 1.65 bits per heavy atom. The normalized spacial score (nSPS) is 12.1. The maximum atomic E-state index is 14.1. The summed E-state index contributed by atoms with van der Waals surface area (Å²) in [6, 6.07) is 9.80. The van der Waals surface area contributed by atoms with Gasteiger partial charge in [-0.3, -0.25) is 9.78 Å². The smallest absolute Gasteiger partial charge is 0.253 e. The van der Waals surface area contributed by atoms with Gasteiger partial charge in [-0.2, -0.15) is 0 Å². The molecule has 2 aromatic rings. The van der Waals surface area contributed by atoms with Crippen LogP contribution in [-0.4, -0.2) is 19.0 Å². The summed E-state index contributed by atoms with van der Waals surface area (Å²) < 4.78 is 14.1. The molecule has 1 aromatic carbocycles. The van der Waals surface area contributed by atoms with Crippen LogP contribution in [0.25, 0.3) is 0 Å². The quantitative estimate of drug-likeness (QED) is 0.416. The molecule has 31 heavy (non-hydrogen) atoms. The summed E-state index contributed by atoms with van der Waals surface area (Å²) in [5.41, 5.74) is 5.85. The summed E-state index contributed by atoms with van der Waals surface area (Å²) in [5, 5.41) is 3.03. The largest absolute Gasteiger partial charge is 0.341 e. The van der Waals surface area contributed by atoms with E-state index in [1.807, 2.05) is 32.0 Å². The van der Waals surface area contributed by atoms with Crippen molar-refractivity contribution < 1.29 is 9.18 Å². The van der Waals surface area contributed by atoms with Gasteiger partial charge in [0.25, 0.3) is 5.91 Å². The van der Waals surface area contributed by atoms with E-state index in [0.29, 0.717) is 27.8 Å². The number of hydrogen-bond acceptors (Lipinski definition) is 2. The second kappa shape index (κ2) is 9.78. The van der Waals surface area contributed by atoms with E-state index in [0.717, 1.165) is 5.69 Å². The maximum absolute atomic E-state index is 14.1. The van der Waals surface area contributed by atoms with Gasteiger partial charge in [0.15, 0.2) is 0 Å². The van der Waals surface area contributed by atoms with Gasteiger partial charge in [0.1, 0.15) is 13.9 Å². The minimum Gasteiger partial charge on any atom is -0.341 e. The highest BCUT2D eigenvalue weighted by molar-refractivity contribution is 6.90. The molecule has 0 spiro atoms. The molecule has 0 unspecified atom stereocenters. The first-order valence-electron chi connectivity index (χ1n) is 11.0. The molecule has 1 N–H and O–H groups in total. The van der Waals surface area contributed by atoms with Gasteiger partial charge in [-0.05, 0) is 60.8 Å². The van der Waals surface area contributed by atoms with Gasteiger partial charge in [0, 0.05) is 11.8 Å². The zero-order valence-corrected chi connectivity index (χ0v) is 21.0. The molecule has 0 bridgehead atoms. The number of aromatic nitrogens is 1. The van der Waals surface area contributed by atoms with Gasteiger partial charge in [0.05, 0.1) is 16.8 Å². The van der Waals surface area contributed by atoms with Crippen molar-refractivity contribution in [1.82, 2.24) is 10.3 Å². The Labute approximate surface area is 187 Å². The topological polar surface area (TPSA) is 42.0 Å². The van der Waals surface area contributed by atoms with Crippen LogP contribution in [0.4, 0.5) is 4.39 Å². The van der Waals surface area contributed by atoms with Crippen molar-refractivity contribution in [2.24, 2.45) is 0 Å². The van der Waals surface area contributed by atoms with Crippen molar-refractivity contribution in [3.05, 3.63) is 65.2 Å². The Morgan fingerprint density at radius 1 is 1.03 bits per heavy atom. The van der Waals surface area contributed by atoms with E-state index >= 15 is 0 Å². The molecule has 0 saturated heterocycles. The van der Waals surface area contributed by atoms with Crippen LogP contribution in [0.3, 0.4) is 0 Å². The molecule has 1 amide bonds. The molecule has 0 saturated carbocycles. The van der Waals surface area contributed by atoms with Crippen molar-refractivity contribution in [2.45, 2.75) is 77.6 Å². The Hall–Kier alpha value is -2.45. The number of nitrogens with one attached hydrogen (secondary N) is 1. The number of hydrogen-bond donors (Lipinski definition) is 1. The Bertz CT molecular complexity index is 950. The Balaban J connectivity index is 2.48. The number of nitrogens with zero attached hydrogens (tertiary/aromatic N) is 1. The first-order chi connectivity index (χ1) is 14.4. The summed E-state index contributed by atoms with van der Waals surface area (Å²) in [6.07, 6.45) is 1.70. The molecule has 5 heteroatoms. The van der Waals surface area contributed by atoms with Crippen LogP contribution in [0.5, 0.6) is 0 Å². The summed E-state index contributed by atoms with van der Waals surface area (Å²) in [6.45, 7) is 17.2. The molecular formula is C26H35FN2OSi. The number of amides is 1. The number of pyridine rings is 1. The molecule has 0 fully saturated rings. The van der Waals surface area contributed by atoms with Gasteiger partial charge in [-0.1, -0.05) is 53.5 Å². The van der Waals surface area contributed by atoms with E-state index in [4.69, 9.17) is 0 Å². The van der Waals surface area contributed by atoms with Gasteiger partial charge >= 0.3 is 0 Å². The van der Waals surface area contributed by atoms with Crippen LogP contribution in [0.2, 0.25) is 16.6 Å². The highest BCUT2D eigenvalue weighted by atomic mass is 28.3. The summed E-state index contributed by atoms with van der Waals surface area (Å²) >= 11 is 0. The van der Waals surface area contributed by atoms with E-state index < -0.39 is 19.4 Å². The van der Waals surface area contributed by atoms with Crippen molar-refractivity contribution in [3.8, 4) is 11.5 Å². The van der Waals surface area contributed by atoms with Gasteiger partial charge in [-0.25, -0.2) is 4.39 Å². The third-order valence-electron chi connectivity index (χ3n) is 6.24. The van der Waals surface area contributed by atoms with Gasteiger partial charge in [0.2, 0.25) is 0 Å². The van der Waals surface area contributed by atoms with Gasteiger partial charge in [-0.15, -0.1) is 5.54 Å². The lowest BCUT2D eigenvalue weighted by Crippen LogP contribution is -2.43. The molecule has 1 aromatic heterocycles. The fourth-order valence-corrected chi connectivity index (χ4v) is 9.79. The third kappa shape index (κ3) is 5.43. The first kappa shape index (κ1) is 24.8. The second-order valence-corrected chi connectivity index (χ2v) is 15.2. The lowest BCUT2D eigenvalue weighted by atomic mass is 9.98. The predicted octanol–water partition coefficient (Wildman–Crippen LogP) is 6.46. The SMILES string of the molecule is CC(C)[Si](C#Cc1cc(F)ccc1C(=O)NC(C)(C)c1ccccn1)(C(C)C)C(C)C. The zero-order chi connectivity index (χ0) is 23.4. The molecule has 166 valence electrons. The molecule has 0 atom stereocenters. The van der Waals surface area contributed by atoms with Crippen LogP contribution in [0, 0.1) is 17.3 Å². The maximum Gasteiger partial charge on any atom is 0.253 e. The molecule has 0 radical (unpaired) electrons. The Morgan fingerprint density at radius 3 is 2.16 bits per heavy atom. The zero-order valence-electron chi connectivity index (χ0n) is 20.0. The first-order valence-corrected chi connectivity index (χ1v) is 13.2. The van der Waals surface area contributed by atoms with Crippen LogP contribution in [0.15, 0.2) is 42.6 Å². The van der Waals surface area contributed by atoms with Crippen LogP contribution in [-0.2, 0) is 5.54 Å². The third-order valence-corrected chi connectivity index (χ3v) is 12.5. The van der Waals surface area contributed by atoms with E-state index in [-0.39, 0.29) is 5.91 Å². The minimum atomic E-state index is -2.01. The van der Waals surface area contributed by atoms with Crippen molar-refractivity contribution in [2.75, 3.05) is 0 Å². The van der Waals surface area contributed by atoms with Crippen molar-refractivity contribution in [3.63, 3.8) is 0 Å². The van der Waals surface area contributed by atoms with Gasteiger partial charge < -0.3 is 5.32 Å². The van der Waals surface area contributed by atoms with Crippen LogP contribution in [0.1, 0.15) is 77.0 Å². The van der Waals surface area contributed by atoms with Crippen molar-refractivity contribution in [1.29, 1.82) is 0 Å². The number of carbonyl (C=O) groups excluding carboxylic acids is 1. The summed E-state index contributed by atoms with van der Waals surface area (Å²) in [5.74, 6) is 2.56. The average Bonchev–Trinajstić information content (AvgIpc) is 2.68. The van der Waals surface area contributed by atoms with E-state index in [1.165, 1.54) is 18.2 Å². The minimum absolute atomic E-state index is 0.286. The number of rotatable bonds is 6. The molecule has 3 nitrogen and oxygen atoms in total. The van der Waals surface area contributed by atoms with E-state index in [2.05, 4.69) is 63.3 Å². The molecule has 0 aliphatic rings. The van der Waals surface area contributed by atoms with E-state index in [1.54, 1.807) is 6.20 Å². The highest BCUT2D eigenvalue weighted by Crippen LogP contribution is 2.40. The summed E-state index contributed by atoms with van der Waals surface area (Å²) in [7, 11) is -2.01. The molecule has 2 rings (SSSR count). The van der Waals surface area contributed by atoms with E-state index in [9.17, 15) is 9.18 Å².